The van der Waals surface area contributed by atoms with Crippen LogP contribution in [-0.2, 0) is 6.42 Å². The van der Waals surface area contributed by atoms with Gasteiger partial charge in [0.15, 0.2) is 11.7 Å². The summed E-state index contributed by atoms with van der Waals surface area (Å²) in [6, 6.07) is 14.8. The van der Waals surface area contributed by atoms with Crippen LogP contribution in [0.2, 0.25) is 0 Å². The lowest BCUT2D eigenvalue weighted by Gasteiger charge is -2.08. The van der Waals surface area contributed by atoms with Gasteiger partial charge in [-0.15, -0.1) is 0 Å². The van der Waals surface area contributed by atoms with Gasteiger partial charge in [0.05, 0.1) is 11.8 Å². The summed E-state index contributed by atoms with van der Waals surface area (Å²) in [7, 11) is 0. The number of nitrogens with zero attached hydrogens (tertiary/aromatic N) is 2. The van der Waals surface area contributed by atoms with Crippen molar-refractivity contribution in [3.63, 3.8) is 0 Å². The highest BCUT2D eigenvalue weighted by Gasteiger charge is 2.22. The van der Waals surface area contributed by atoms with Crippen molar-refractivity contribution in [1.29, 1.82) is 5.26 Å². The minimum Gasteiger partial charge on any atom is -0.292 e. The molecule has 0 bridgehead atoms. The second kappa shape index (κ2) is 6.63. The molecule has 0 radical (unpaired) electrons. The predicted molar refractivity (Wildman–Crippen MR) is 77.4 cm³/mol. The Labute approximate surface area is 118 Å². The van der Waals surface area contributed by atoms with Crippen LogP contribution < -0.4 is 0 Å². The number of hydrogen-bond donors (Lipinski definition) is 0. The zero-order valence-electron chi connectivity index (χ0n) is 11.4. The predicted octanol–water partition coefficient (Wildman–Crippen LogP) is 3.52. The van der Waals surface area contributed by atoms with E-state index in [2.05, 4.69) is 11.9 Å². The smallest absolute Gasteiger partial charge is 0.186 e. The molecule has 1 aromatic heterocycles. The maximum absolute atomic E-state index is 12.4. The summed E-state index contributed by atoms with van der Waals surface area (Å²) < 4.78 is 0. The first kappa shape index (κ1) is 14.0. The van der Waals surface area contributed by atoms with Crippen LogP contribution in [0.3, 0.4) is 0 Å². The van der Waals surface area contributed by atoms with E-state index in [-0.39, 0.29) is 5.78 Å². The SMILES string of the molecule is CCCc1ccc(C(=O)[C@H](C#N)c2ccccn2)cc1. The van der Waals surface area contributed by atoms with Crippen molar-refractivity contribution in [2.75, 3.05) is 0 Å². The molecule has 3 heteroatoms. The molecule has 1 heterocycles. The van der Waals surface area contributed by atoms with Crippen LogP contribution in [0.4, 0.5) is 0 Å². The third-order valence-corrected chi connectivity index (χ3v) is 3.15. The Kier molecular flexibility index (Phi) is 4.62. The number of ketones is 1. The highest BCUT2D eigenvalue weighted by Crippen LogP contribution is 2.19. The van der Waals surface area contributed by atoms with Crippen LogP contribution in [-0.4, -0.2) is 10.8 Å². The van der Waals surface area contributed by atoms with Gasteiger partial charge in [0.1, 0.15) is 0 Å². The number of carbonyl (C=O) groups excluding carboxylic acids is 1. The average Bonchev–Trinajstić information content (AvgIpc) is 2.50. The molecule has 20 heavy (non-hydrogen) atoms. The number of benzene rings is 1. The summed E-state index contributed by atoms with van der Waals surface area (Å²) in [6.07, 6.45) is 3.66. The minimum atomic E-state index is -0.840. The third-order valence-electron chi connectivity index (χ3n) is 3.15. The fourth-order valence-electron chi connectivity index (χ4n) is 2.10. The van der Waals surface area contributed by atoms with E-state index < -0.39 is 5.92 Å². The van der Waals surface area contributed by atoms with Crippen molar-refractivity contribution in [1.82, 2.24) is 4.98 Å². The normalized spacial score (nSPS) is 11.6. The number of aromatic nitrogens is 1. The van der Waals surface area contributed by atoms with Crippen molar-refractivity contribution < 1.29 is 4.79 Å². The van der Waals surface area contributed by atoms with E-state index in [1.807, 2.05) is 18.2 Å². The summed E-state index contributed by atoms with van der Waals surface area (Å²) in [5.74, 6) is -1.04. The number of nitriles is 1. The summed E-state index contributed by atoms with van der Waals surface area (Å²) in [5.41, 5.74) is 2.26. The number of aryl methyl sites for hydroxylation is 1. The molecule has 0 aliphatic carbocycles. The standard InChI is InChI=1S/C17H16N2O/c1-2-5-13-7-9-14(10-8-13)17(20)15(12-18)16-6-3-4-11-19-16/h3-4,6-11,15H,2,5H2,1H3/t15-/m1/s1. The molecule has 0 fully saturated rings. The van der Waals surface area contributed by atoms with Crippen LogP contribution in [0.5, 0.6) is 0 Å². The van der Waals surface area contributed by atoms with Gasteiger partial charge >= 0.3 is 0 Å². The Bertz CT molecular complexity index is 612. The molecule has 2 aromatic rings. The van der Waals surface area contributed by atoms with Crippen LogP contribution in [0.15, 0.2) is 48.7 Å². The molecule has 0 aliphatic heterocycles. The molecule has 1 atom stereocenters. The first-order valence-corrected chi connectivity index (χ1v) is 6.70. The molecule has 2 rings (SSSR count). The van der Waals surface area contributed by atoms with Gasteiger partial charge < -0.3 is 0 Å². The van der Waals surface area contributed by atoms with Gasteiger partial charge in [-0.25, -0.2) is 0 Å². The van der Waals surface area contributed by atoms with E-state index in [1.54, 1.807) is 36.5 Å². The lowest BCUT2D eigenvalue weighted by atomic mass is 9.94. The zero-order valence-corrected chi connectivity index (χ0v) is 11.4. The first-order chi connectivity index (χ1) is 9.76. The fourth-order valence-corrected chi connectivity index (χ4v) is 2.10. The van der Waals surface area contributed by atoms with Crippen LogP contribution in [0.25, 0.3) is 0 Å². The van der Waals surface area contributed by atoms with E-state index >= 15 is 0 Å². The average molecular weight is 264 g/mol. The van der Waals surface area contributed by atoms with Gasteiger partial charge in [-0.1, -0.05) is 43.7 Å². The highest BCUT2D eigenvalue weighted by atomic mass is 16.1. The molecule has 100 valence electrons. The quantitative estimate of drug-likeness (QED) is 0.776. The van der Waals surface area contributed by atoms with Crippen LogP contribution >= 0.6 is 0 Å². The van der Waals surface area contributed by atoms with Gasteiger partial charge in [0.2, 0.25) is 0 Å². The van der Waals surface area contributed by atoms with Crippen molar-refractivity contribution >= 4 is 5.78 Å². The Balaban J connectivity index is 2.23. The van der Waals surface area contributed by atoms with Gasteiger partial charge in [-0.2, -0.15) is 5.26 Å². The maximum Gasteiger partial charge on any atom is 0.186 e. The maximum atomic E-state index is 12.4. The molecular weight excluding hydrogens is 248 g/mol. The Hall–Kier alpha value is -2.47. The number of hydrogen-bond acceptors (Lipinski definition) is 3. The van der Waals surface area contributed by atoms with Crippen molar-refractivity contribution in [2.24, 2.45) is 0 Å². The number of carbonyl (C=O) groups is 1. The highest BCUT2D eigenvalue weighted by molar-refractivity contribution is 6.02. The molecule has 0 N–H and O–H groups in total. The third kappa shape index (κ3) is 3.10. The second-order valence-electron chi connectivity index (χ2n) is 4.63. The van der Waals surface area contributed by atoms with Crippen LogP contribution in [0.1, 0.15) is 40.9 Å². The summed E-state index contributed by atoms with van der Waals surface area (Å²) in [6.45, 7) is 2.12. The first-order valence-electron chi connectivity index (χ1n) is 6.70. The molecule has 0 aliphatic rings. The minimum absolute atomic E-state index is 0.200. The van der Waals surface area contributed by atoms with E-state index in [0.717, 1.165) is 12.8 Å². The molecule has 0 amide bonds. The summed E-state index contributed by atoms with van der Waals surface area (Å²) in [4.78, 5) is 16.5. The molecular formula is C17H16N2O. The van der Waals surface area contributed by atoms with Crippen molar-refractivity contribution in [3.05, 3.63) is 65.5 Å². The number of rotatable bonds is 5. The van der Waals surface area contributed by atoms with Crippen molar-refractivity contribution in [2.45, 2.75) is 25.7 Å². The molecule has 0 saturated carbocycles. The Morgan fingerprint density at radius 1 is 1.25 bits per heavy atom. The van der Waals surface area contributed by atoms with Gasteiger partial charge in [-0.3, -0.25) is 9.78 Å². The fraction of sp³-hybridized carbons (Fsp3) is 0.235. The largest absolute Gasteiger partial charge is 0.292 e. The van der Waals surface area contributed by atoms with E-state index in [1.165, 1.54) is 5.56 Å². The molecule has 0 unspecified atom stereocenters. The van der Waals surface area contributed by atoms with Crippen molar-refractivity contribution in [3.8, 4) is 6.07 Å². The second-order valence-corrected chi connectivity index (χ2v) is 4.63. The Morgan fingerprint density at radius 3 is 2.55 bits per heavy atom. The molecule has 1 aromatic carbocycles. The van der Waals surface area contributed by atoms with Gasteiger partial charge in [-0.05, 0) is 24.1 Å². The van der Waals surface area contributed by atoms with Gasteiger partial charge in [0, 0.05) is 11.8 Å². The van der Waals surface area contributed by atoms with Crippen LogP contribution in [0, 0.1) is 11.3 Å². The zero-order chi connectivity index (χ0) is 14.4. The molecule has 0 saturated heterocycles. The number of pyridine rings is 1. The number of Topliss-reactive ketones (excluding diaryl/α,β-unsaturated/α-hetero) is 1. The topological polar surface area (TPSA) is 53.8 Å². The Morgan fingerprint density at radius 2 is 2.00 bits per heavy atom. The lowest BCUT2D eigenvalue weighted by molar-refractivity contribution is 0.0977. The molecule has 0 spiro atoms. The summed E-state index contributed by atoms with van der Waals surface area (Å²) >= 11 is 0. The molecule has 3 nitrogen and oxygen atoms in total. The summed E-state index contributed by atoms with van der Waals surface area (Å²) in [5, 5.41) is 9.24. The monoisotopic (exact) mass is 264 g/mol. The van der Waals surface area contributed by atoms with E-state index in [4.69, 9.17) is 0 Å². The van der Waals surface area contributed by atoms with Gasteiger partial charge in [0.25, 0.3) is 0 Å². The van der Waals surface area contributed by atoms with E-state index in [0.29, 0.717) is 11.3 Å². The van der Waals surface area contributed by atoms with E-state index in [9.17, 15) is 10.1 Å². The lowest BCUT2D eigenvalue weighted by Crippen LogP contribution is -2.12.